The second-order valence-corrected chi connectivity index (χ2v) is 9.10. The molecule has 0 aliphatic rings. The third-order valence-electron chi connectivity index (χ3n) is 4.79. The highest BCUT2D eigenvalue weighted by atomic mass is 32.2. The molecule has 0 bridgehead atoms. The maximum atomic E-state index is 11.7. The van der Waals surface area contributed by atoms with Gasteiger partial charge in [-0.1, -0.05) is 42.5 Å². The Labute approximate surface area is 189 Å². The van der Waals surface area contributed by atoms with Crippen LogP contribution in [-0.2, 0) is 16.6 Å². The zero-order valence-corrected chi connectivity index (χ0v) is 18.7. The van der Waals surface area contributed by atoms with E-state index in [1.165, 1.54) is 7.05 Å². The first kappa shape index (κ1) is 23.2. The van der Waals surface area contributed by atoms with Crippen molar-refractivity contribution in [2.75, 3.05) is 24.7 Å². The number of rotatable bonds is 10. The third kappa shape index (κ3) is 6.76. The van der Waals surface area contributed by atoms with Crippen molar-refractivity contribution in [3.8, 4) is 11.1 Å². The van der Waals surface area contributed by atoms with Crippen molar-refractivity contribution in [1.29, 1.82) is 0 Å². The van der Waals surface area contributed by atoms with Crippen molar-refractivity contribution < 1.29 is 8.42 Å². The number of pyridine rings is 1. The Kier molecular flexibility index (Phi) is 8.13. The lowest BCUT2D eigenvalue weighted by Gasteiger charge is -2.14. The van der Waals surface area contributed by atoms with Crippen LogP contribution in [-0.4, -0.2) is 39.0 Å². The molecule has 32 heavy (non-hydrogen) atoms. The number of sulfonamides is 1. The second-order valence-electron chi connectivity index (χ2n) is 7.05. The monoisotopic (exact) mass is 449 g/mol. The Morgan fingerprint density at radius 1 is 1.09 bits per heavy atom. The molecule has 1 aromatic heterocycles. The van der Waals surface area contributed by atoms with Crippen molar-refractivity contribution in [3.05, 3.63) is 90.3 Å². The molecule has 3 rings (SSSR count). The van der Waals surface area contributed by atoms with Crippen LogP contribution in [0.3, 0.4) is 0 Å². The molecule has 0 aliphatic carbocycles. The van der Waals surface area contributed by atoms with Gasteiger partial charge in [-0.3, -0.25) is 9.98 Å². The number of nitrogens with two attached hydrogens (primary N) is 1. The smallest absolute Gasteiger partial charge is 0.213 e. The highest BCUT2D eigenvalue weighted by Crippen LogP contribution is 2.28. The van der Waals surface area contributed by atoms with Gasteiger partial charge in [0.1, 0.15) is 0 Å². The van der Waals surface area contributed by atoms with E-state index in [0.29, 0.717) is 12.2 Å². The quantitative estimate of drug-likeness (QED) is 0.412. The summed E-state index contributed by atoms with van der Waals surface area (Å²) >= 11 is 0. The Morgan fingerprint density at radius 3 is 2.62 bits per heavy atom. The lowest BCUT2D eigenvalue weighted by molar-refractivity contribution is 0.588. The number of allylic oxidation sites excluding steroid dienone is 1. The van der Waals surface area contributed by atoms with Crippen molar-refractivity contribution in [3.63, 3.8) is 0 Å². The van der Waals surface area contributed by atoms with E-state index in [9.17, 15) is 8.42 Å². The molecule has 0 amide bonds. The predicted octanol–water partition coefficient (Wildman–Crippen LogP) is 3.28. The van der Waals surface area contributed by atoms with Crippen LogP contribution in [0.5, 0.6) is 0 Å². The summed E-state index contributed by atoms with van der Waals surface area (Å²) in [6, 6.07) is 19.7. The minimum atomic E-state index is -3.30. The average molecular weight is 450 g/mol. The molecule has 4 N–H and O–H groups in total. The molecule has 0 radical (unpaired) electrons. The van der Waals surface area contributed by atoms with Crippen LogP contribution in [0.25, 0.3) is 16.8 Å². The van der Waals surface area contributed by atoms with Gasteiger partial charge in [0.15, 0.2) is 0 Å². The molecule has 0 fully saturated rings. The first-order chi connectivity index (χ1) is 15.5. The van der Waals surface area contributed by atoms with Crippen LogP contribution < -0.4 is 15.8 Å². The molecule has 3 aromatic rings. The van der Waals surface area contributed by atoms with Crippen LogP contribution in [0.1, 0.15) is 11.1 Å². The minimum absolute atomic E-state index is 0.0421. The second kappa shape index (κ2) is 11.2. The van der Waals surface area contributed by atoms with Gasteiger partial charge in [0.05, 0.1) is 12.3 Å². The summed E-state index contributed by atoms with van der Waals surface area (Å²) in [5.41, 5.74) is 11.5. The van der Waals surface area contributed by atoms with Gasteiger partial charge in [0.25, 0.3) is 0 Å². The van der Waals surface area contributed by atoms with Gasteiger partial charge in [0, 0.05) is 42.1 Å². The molecule has 8 heteroatoms. The molecule has 0 saturated carbocycles. The van der Waals surface area contributed by atoms with E-state index in [1.54, 1.807) is 24.7 Å². The minimum Gasteiger partial charge on any atom is -0.398 e. The molecule has 0 spiro atoms. The van der Waals surface area contributed by atoms with Gasteiger partial charge >= 0.3 is 0 Å². The van der Waals surface area contributed by atoms with Crippen molar-refractivity contribution in [1.82, 2.24) is 9.71 Å². The fraction of sp³-hybridized carbons (Fsp3) is 0.167. The molecule has 2 aromatic carbocycles. The molecule has 0 aliphatic heterocycles. The van der Waals surface area contributed by atoms with E-state index in [1.807, 2.05) is 60.7 Å². The summed E-state index contributed by atoms with van der Waals surface area (Å²) in [5, 5.41) is 3.19. The largest absolute Gasteiger partial charge is 0.398 e. The lowest BCUT2D eigenvalue weighted by atomic mass is 10.00. The fourth-order valence-electron chi connectivity index (χ4n) is 3.04. The maximum absolute atomic E-state index is 11.7. The number of benzene rings is 2. The van der Waals surface area contributed by atoms with Gasteiger partial charge in [0.2, 0.25) is 10.0 Å². The number of aliphatic imine (C=N–C) groups is 1. The Balaban J connectivity index is 1.83. The number of nitrogens with one attached hydrogen (secondary N) is 2. The molecule has 1 heterocycles. The topological polar surface area (TPSA) is 109 Å². The van der Waals surface area contributed by atoms with E-state index < -0.39 is 10.0 Å². The van der Waals surface area contributed by atoms with Gasteiger partial charge in [-0.25, -0.2) is 13.1 Å². The van der Waals surface area contributed by atoms with E-state index >= 15 is 0 Å². The van der Waals surface area contributed by atoms with Crippen molar-refractivity contribution >= 4 is 27.6 Å². The Morgan fingerprint density at radius 2 is 1.91 bits per heavy atom. The van der Waals surface area contributed by atoms with E-state index in [0.717, 1.165) is 27.9 Å². The molecule has 0 atom stereocenters. The molecule has 7 nitrogen and oxygen atoms in total. The number of anilines is 1. The van der Waals surface area contributed by atoms with E-state index in [-0.39, 0.29) is 12.3 Å². The summed E-state index contributed by atoms with van der Waals surface area (Å²) in [5.74, 6) is -0.0421. The van der Waals surface area contributed by atoms with Gasteiger partial charge in [-0.15, -0.1) is 0 Å². The summed E-state index contributed by atoms with van der Waals surface area (Å²) in [4.78, 5) is 8.47. The van der Waals surface area contributed by atoms with Crippen LogP contribution in [0.2, 0.25) is 0 Å². The highest BCUT2D eigenvalue weighted by molar-refractivity contribution is 7.89. The van der Waals surface area contributed by atoms with Gasteiger partial charge in [-0.05, 0) is 48.0 Å². The van der Waals surface area contributed by atoms with Crippen LogP contribution >= 0.6 is 0 Å². The number of hydrogen-bond donors (Lipinski definition) is 3. The van der Waals surface area contributed by atoms with E-state index in [4.69, 9.17) is 5.73 Å². The molecule has 166 valence electrons. The fourth-order valence-corrected chi connectivity index (χ4v) is 3.62. The summed E-state index contributed by atoms with van der Waals surface area (Å²) in [7, 11) is -1.90. The summed E-state index contributed by atoms with van der Waals surface area (Å²) in [6.45, 7) is 0.762. The number of aromatic nitrogens is 1. The molecule has 0 saturated heterocycles. The average Bonchev–Trinajstić information content (AvgIpc) is 2.83. The van der Waals surface area contributed by atoms with Crippen LogP contribution in [0.15, 0.2) is 84.1 Å². The maximum Gasteiger partial charge on any atom is 0.213 e. The summed E-state index contributed by atoms with van der Waals surface area (Å²) < 4.78 is 25.8. The van der Waals surface area contributed by atoms with Crippen molar-refractivity contribution in [2.24, 2.45) is 10.7 Å². The molecular weight excluding hydrogens is 422 g/mol. The van der Waals surface area contributed by atoms with Crippen molar-refractivity contribution in [2.45, 2.75) is 6.54 Å². The summed E-state index contributed by atoms with van der Waals surface area (Å²) in [6.07, 6.45) is 6.92. The van der Waals surface area contributed by atoms with E-state index in [2.05, 4.69) is 20.0 Å². The normalized spacial score (nSPS) is 12.2. The SMILES string of the molecule is CNS(=O)(=O)CCNc1ccc(-c2ccccc2)cc1/C(N)=C/C=NCc1cccnc1. The van der Waals surface area contributed by atoms with Gasteiger partial charge in [-0.2, -0.15) is 0 Å². The Bertz CT molecular complexity index is 1180. The zero-order chi connectivity index (χ0) is 22.8. The number of hydrogen-bond acceptors (Lipinski definition) is 6. The third-order valence-corrected chi connectivity index (χ3v) is 6.15. The molecule has 0 unspecified atom stereocenters. The first-order valence-corrected chi connectivity index (χ1v) is 11.8. The Hall–Kier alpha value is -3.49. The number of nitrogens with zero attached hydrogens (tertiary/aromatic N) is 2. The molecular formula is C24H27N5O2S. The standard InChI is InChI=1S/C24H27N5O2S/c1-26-32(30,31)15-14-29-24-10-9-21(20-7-3-2-4-8-20)16-22(24)23(25)11-13-28-18-19-6-5-12-27-17-19/h2-13,16-17,26,29H,14-15,18,25H2,1H3/b23-11-,28-13?. The highest BCUT2D eigenvalue weighted by Gasteiger charge is 2.10. The van der Waals surface area contributed by atoms with Crippen LogP contribution in [0, 0.1) is 0 Å². The zero-order valence-electron chi connectivity index (χ0n) is 17.9. The lowest BCUT2D eigenvalue weighted by Crippen LogP contribution is -2.26. The van der Waals surface area contributed by atoms with Crippen LogP contribution in [0.4, 0.5) is 5.69 Å². The van der Waals surface area contributed by atoms with Gasteiger partial charge < -0.3 is 11.1 Å². The first-order valence-electron chi connectivity index (χ1n) is 10.2. The predicted molar refractivity (Wildman–Crippen MR) is 132 cm³/mol.